The van der Waals surface area contributed by atoms with Crippen molar-refractivity contribution in [2.24, 2.45) is 0 Å². The number of fused-ring (bicyclic) bond motifs is 1. The minimum atomic E-state index is -0.323. The molecule has 5 heteroatoms. The van der Waals surface area contributed by atoms with Crippen LogP contribution in [-0.4, -0.2) is 55.7 Å². The second-order valence-corrected chi connectivity index (χ2v) is 8.79. The van der Waals surface area contributed by atoms with Crippen molar-refractivity contribution in [3.63, 3.8) is 0 Å². The molecule has 2 aliphatic rings. The number of carbonyl (C=O) groups excluding carboxylic acids is 2. The fourth-order valence-electron chi connectivity index (χ4n) is 3.42. The minimum absolute atomic E-state index is 0.0369. The molecule has 1 heterocycles. The third kappa shape index (κ3) is 3.14. The van der Waals surface area contributed by atoms with Gasteiger partial charge in [0.15, 0.2) is 0 Å². The molecule has 0 amide bonds. The molecule has 4 nitrogen and oxygen atoms in total. The number of nitrogens with zero attached hydrogens (tertiary/aromatic N) is 1. The van der Waals surface area contributed by atoms with Crippen molar-refractivity contribution in [3.8, 4) is 0 Å². The number of carbonyl (C=O) groups is 2. The Morgan fingerprint density at radius 1 is 0.846 bits per heavy atom. The Bertz CT molecular complexity index is 883. The van der Waals surface area contributed by atoms with Gasteiger partial charge in [0.2, 0.25) is 0 Å². The Labute approximate surface area is 158 Å². The van der Waals surface area contributed by atoms with E-state index in [1.54, 1.807) is 24.3 Å². The average Bonchev–Trinajstić information content (AvgIpc) is 2.68. The van der Waals surface area contributed by atoms with Crippen molar-refractivity contribution in [1.29, 1.82) is 0 Å². The Morgan fingerprint density at radius 2 is 1.42 bits per heavy atom. The molecule has 1 fully saturated rings. The van der Waals surface area contributed by atoms with Crippen LogP contribution >= 0.6 is 0 Å². The van der Waals surface area contributed by atoms with Crippen LogP contribution in [0.1, 0.15) is 33.6 Å². The van der Waals surface area contributed by atoms with Crippen molar-refractivity contribution < 1.29 is 14.7 Å². The monoisotopic (exact) mass is 413 g/mol. The van der Waals surface area contributed by atoms with Crippen molar-refractivity contribution in [2.75, 3.05) is 13.1 Å². The topological polar surface area (TPSA) is 57.6 Å². The van der Waals surface area contributed by atoms with Crippen LogP contribution in [0.25, 0.3) is 0 Å². The summed E-state index contributed by atoms with van der Waals surface area (Å²) in [7, 11) is 0. The molecule has 0 aromatic heterocycles. The molecule has 0 saturated carbocycles. The summed E-state index contributed by atoms with van der Waals surface area (Å²) in [5.74, 6) is -0.102. The molecule has 2 aromatic carbocycles. The van der Waals surface area contributed by atoms with Crippen molar-refractivity contribution in [2.45, 2.75) is 18.9 Å². The van der Waals surface area contributed by atoms with Crippen LogP contribution in [-0.2, 0) is 0 Å². The van der Waals surface area contributed by atoms with E-state index >= 15 is 0 Å². The molecule has 1 aliphatic carbocycles. The van der Waals surface area contributed by atoms with Gasteiger partial charge in [-0.2, -0.15) is 0 Å². The zero-order valence-corrected chi connectivity index (χ0v) is 15.9. The molecular formula is C21H19NO3Se. The number of piperidine rings is 1. The third-order valence-electron chi connectivity index (χ3n) is 4.80. The van der Waals surface area contributed by atoms with Crippen molar-refractivity contribution in [1.82, 2.24) is 4.90 Å². The fourth-order valence-corrected chi connectivity index (χ4v) is 5.62. The van der Waals surface area contributed by atoms with Crippen LogP contribution < -0.4 is 4.46 Å². The molecule has 1 saturated heterocycles. The van der Waals surface area contributed by atoms with Crippen LogP contribution in [0.3, 0.4) is 0 Å². The first-order valence-electron chi connectivity index (χ1n) is 8.74. The SMILES string of the molecule is O=C1C([Se]c2ccccc2)=C(N2CCC(O)CC2)C(=O)c2ccccc21. The molecule has 0 radical (unpaired) electrons. The number of aliphatic hydroxyl groups is 1. The second-order valence-electron chi connectivity index (χ2n) is 6.51. The zero-order valence-electron chi connectivity index (χ0n) is 14.2. The van der Waals surface area contributed by atoms with Gasteiger partial charge in [-0.15, -0.1) is 0 Å². The first-order chi connectivity index (χ1) is 12.6. The maximum absolute atomic E-state index is 13.2. The van der Waals surface area contributed by atoms with E-state index in [0.717, 1.165) is 4.46 Å². The molecule has 0 spiro atoms. The van der Waals surface area contributed by atoms with Gasteiger partial charge < -0.3 is 0 Å². The Balaban J connectivity index is 1.80. The van der Waals surface area contributed by atoms with E-state index < -0.39 is 0 Å². The number of Topliss-reactive ketones (excluding diaryl/α,β-unsaturated/α-hetero) is 2. The van der Waals surface area contributed by atoms with E-state index in [2.05, 4.69) is 0 Å². The van der Waals surface area contributed by atoms with E-state index in [-0.39, 0.29) is 32.6 Å². The number of likely N-dealkylation sites (tertiary alicyclic amines) is 1. The summed E-state index contributed by atoms with van der Waals surface area (Å²) in [4.78, 5) is 28.5. The normalized spacial score (nSPS) is 18.3. The van der Waals surface area contributed by atoms with Crippen LogP contribution in [0.15, 0.2) is 64.8 Å². The maximum atomic E-state index is 13.2. The van der Waals surface area contributed by atoms with E-state index in [4.69, 9.17) is 0 Å². The number of rotatable bonds is 3. The summed E-state index contributed by atoms with van der Waals surface area (Å²) in [5, 5.41) is 9.81. The first kappa shape index (κ1) is 17.2. The van der Waals surface area contributed by atoms with Gasteiger partial charge in [-0.05, 0) is 0 Å². The number of hydrogen-bond donors (Lipinski definition) is 1. The van der Waals surface area contributed by atoms with E-state index in [0.29, 0.717) is 47.2 Å². The van der Waals surface area contributed by atoms with Gasteiger partial charge in [-0.25, -0.2) is 0 Å². The molecule has 4 rings (SSSR count). The van der Waals surface area contributed by atoms with Crippen LogP contribution in [0.5, 0.6) is 0 Å². The first-order valence-corrected chi connectivity index (χ1v) is 10.4. The zero-order chi connectivity index (χ0) is 18.1. The molecule has 0 atom stereocenters. The molecule has 2 aromatic rings. The van der Waals surface area contributed by atoms with Crippen LogP contribution in [0.4, 0.5) is 0 Å². The van der Waals surface area contributed by atoms with Gasteiger partial charge in [-0.3, -0.25) is 0 Å². The van der Waals surface area contributed by atoms with Gasteiger partial charge >= 0.3 is 159 Å². The van der Waals surface area contributed by atoms with E-state index in [9.17, 15) is 14.7 Å². The van der Waals surface area contributed by atoms with Crippen molar-refractivity contribution in [3.05, 3.63) is 75.9 Å². The van der Waals surface area contributed by atoms with E-state index in [1.807, 2.05) is 35.2 Å². The number of aliphatic hydroxyl groups excluding tert-OH is 1. The van der Waals surface area contributed by atoms with Crippen molar-refractivity contribution >= 4 is 31.0 Å². The second kappa shape index (κ2) is 7.20. The Kier molecular flexibility index (Phi) is 4.77. The quantitative estimate of drug-likeness (QED) is 0.781. The molecule has 0 unspecified atom stereocenters. The summed E-state index contributed by atoms with van der Waals surface area (Å²) in [6.45, 7) is 1.21. The van der Waals surface area contributed by atoms with Gasteiger partial charge in [-0.1, -0.05) is 0 Å². The molecule has 26 heavy (non-hydrogen) atoms. The fraction of sp³-hybridized carbons (Fsp3) is 0.238. The number of benzene rings is 2. The van der Waals surface area contributed by atoms with Crippen LogP contribution in [0.2, 0.25) is 0 Å². The summed E-state index contributed by atoms with van der Waals surface area (Å²) in [6, 6.07) is 17.0. The van der Waals surface area contributed by atoms with Crippen LogP contribution in [0, 0.1) is 0 Å². The summed E-state index contributed by atoms with van der Waals surface area (Å²) in [5.41, 5.74) is 1.54. The Morgan fingerprint density at radius 3 is 2.08 bits per heavy atom. The number of allylic oxidation sites excluding steroid dienone is 2. The molecular weight excluding hydrogens is 393 g/mol. The van der Waals surface area contributed by atoms with E-state index in [1.165, 1.54) is 0 Å². The average molecular weight is 412 g/mol. The molecule has 0 bridgehead atoms. The summed E-state index contributed by atoms with van der Waals surface area (Å²) < 4.78 is 1.70. The molecule has 132 valence electrons. The molecule has 1 N–H and O–H groups in total. The van der Waals surface area contributed by atoms with Gasteiger partial charge in [0.25, 0.3) is 0 Å². The predicted molar refractivity (Wildman–Crippen MR) is 101 cm³/mol. The number of ketones is 2. The standard InChI is InChI=1S/C21H19NO3Se/c23-14-10-12-22(13-11-14)18-19(24)16-8-4-5-9-17(16)20(25)21(18)26-15-6-2-1-3-7-15/h1-9,14,23H,10-13H2. The van der Waals surface area contributed by atoms with Gasteiger partial charge in [0, 0.05) is 0 Å². The summed E-state index contributed by atoms with van der Waals surface area (Å²) >= 11 is -0.243. The Hall–Kier alpha value is -2.20. The number of hydrogen-bond acceptors (Lipinski definition) is 4. The van der Waals surface area contributed by atoms with Gasteiger partial charge in [0.05, 0.1) is 0 Å². The molecule has 1 aliphatic heterocycles. The predicted octanol–water partition coefficient (Wildman–Crippen LogP) is 1.76. The summed E-state index contributed by atoms with van der Waals surface area (Å²) in [6.07, 6.45) is 0.924. The van der Waals surface area contributed by atoms with Gasteiger partial charge in [0.1, 0.15) is 0 Å². The third-order valence-corrected chi connectivity index (χ3v) is 7.08.